The molecule has 0 bridgehead atoms. The highest BCUT2D eigenvalue weighted by molar-refractivity contribution is 5.46. The Morgan fingerprint density at radius 3 is 2.50 bits per heavy atom. The molecular formula is C13H15O. The number of aryl methyl sites for hydroxylation is 2. The van der Waals surface area contributed by atoms with Crippen LogP contribution in [0.1, 0.15) is 16.7 Å². The van der Waals surface area contributed by atoms with Gasteiger partial charge in [-0.2, -0.15) is 0 Å². The minimum Gasteiger partial charge on any atom is -0.369 e. The van der Waals surface area contributed by atoms with Crippen molar-refractivity contribution in [2.24, 2.45) is 0 Å². The molecule has 0 aliphatic carbocycles. The molecule has 0 spiro atoms. The SMILES string of the molecule is [CH2]COCC#Cc1c(C)cccc1C. The van der Waals surface area contributed by atoms with Crippen molar-refractivity contribution in [3.63, 3.8) is 0 Å². The van der Waals surface area contributed by atoms with E-state index < -0.39 is 0 Å². The lowest BCUT2D eigenvalue weighted by molar-refractivity contribution is 0.198. The molecule has 1 nitrogen and oxygen atoms in total. The lowest BCUT2D eigenvalue weighted by Gasteiger charge is -2.01. The van der Waals surface area contributed by atoms with Crippen LogP contribution in [-0.2, 0) is 4.74 Å². The summed E-state index contributed by atoms with van der Waals surface area (Å²) < 4.78 is 5.05. The summed E-state index contributed by atoms with van der Waals surface area (Å²) in [4.78, 5) is 0. The number of benzene rings is 1. The predicted molar refractivity (Wildman–Crippen MR) is 59.0 cm³/mol. The van der Waals surface area contributed by atoms with Crippen LogP contribution in [-0.4, -0.2) is 13.2 Å². The third-order valence-electron chi connectivity index (χ3n) is 2.01. The molecular weight excluding hydrogens is 172 g/mol. The zero-order valence-electron chi connectivity index (χ0n) is 8.76. The second-order valence-electron chi connectivity index (χ2n) is 3.12. The van der Waals surface area contributed by atoms with E-state index in [9.17, 15) is 0 Å². The van der Waals surface area contributed by atoms with Crippen LogP contribution in [0.5, 0.6) is 0 Å². The Labute approximate surface area is 86.1 Å². The van der Waals surface area contributed by atoms with Crippen LogP contribution in [0.3, 0.4) is 0 Å². The Bertz CT molecular complexity index is 335. The van der Waals surface area contributed by atoms with Gasteiger partial charge in [-0.3, -0.25) is 0 Å². The molecule has 1 heteroatoms. The Balaban J connectivity index is 2.78. The smallest absolute Gasteiger partial charge is 0.108 e. The molecule has 0 aliphatic rings. The van der Waals surface area contributed by atoms with Crippen LogP contribution in [0.4, 0.5) is 0 Å². The summed E-state index contributed by atoms with van der Waals surface area (Å²) in [6.45, 7) is 8.64. The highest BCUT2D eigenvalue weighted by atomic mass is 16.5. The van der Waals surface area contributed by atoms with Gasteiger partial charge in [0.1, 0.15) is 6.61 Å². The van der Waals surface area contributed by atoms with Gasteiger partial charge in [0.15, 0.2) is 0 Å². The first-order valence-electron chi connectivity index (χ1n) is 4.67. The van der Waals surface area contributed by atoms with Gasteiger partial charge in [0, 0.05) is 12.2 Å². The quantitative estimate of drug-likeness (QED) is 0.510. The minimum absolute atomic E-state index is 0.456. The summed E-state index contributed by atoms with van der Waals surface area (Å²) in [7, 11) is 0. The Kier molecular flexibility index (Phi) is 4.22. The van der Waals surface area contributed by atoms with Crippen LogP contribution in [0.2, 0.25) is 0 Å². The molecule has 0 unspecified atom stereocenters. The molecule has 1 radical (unpaired) electrons. The highest BCUT2D eigenvalue weighted by Crippen LogP contribution is 2.10. The molecule has 0 heterocycles. The molecule has 73 valence electrons. The maximum absolute atomic E-state index is 5.05. The van der Waals surface area contributed by atoms with E-state index in [1.165, 1.54) is 11.1 Å². The fourth-order valence-electron chi connectivity index (χ4n) is 1.26. The van der Waals surface area contributed by atoms with Crippen LogP contribution in [0.15, 0.2) is 18.2 Å². The summed E-state index contributed by atoms with van der Waals surface area (Å²) in [6.07, 6.45) is 0. The van der Waals surface area contributed by atoms with E-state index in [1.54, 1.807) is 0 Å². The number of rotatable bonds is 2. The van der Waals surface area contributed by atoms with Gasteiger partial charge in [-0.05, 0) is 31.9 Å². The van der Waals surface area contributed by atoms with E-state index in [1.807, 2.05) is 6.07 Å². The largest absolute Gasteiger partial charge is 0.369 e. The lowest BCUT2D eigenvalue weighted by Crippen LogP contribution is -1.91. The molecule has 0 saturated carbocycles. The summed E-state index contributed by atoms with van der Waals surface area (Å²) in [5, 5.41) is 0. The van der Waals surface area contributed by atoms with Crippen molar-refractivity contribution >= 4 is 0 Å². The average molecular weight is 187 g/mol. The molecule has 0 saturated heterocycles. The van der Waals surface area contributed by atoms with E-state index in [4.69, 9.17) is 4.74 Å². The second-order valence-corrected chi connectivity index (χ2v) is 3.12. The Hall–Kier alpha value is -1.26. The molecule has 0 aliphatic heterocycles. The standard InChI is InChI=1S/C13H15O/c1-4-14-10-6-9-13-11(2)7-5-8-12(13)3/h5,7-8H,1,4,10H2,2-3H3. The van der Waals surface area contributed by atoms with Gasteiger partial charge in [0.2, 0.25) is 0 Å². The van der Waals surface area contributed by atoms with E-state index in [2.05, 4.69) is 44.7 Å². The maximum Gasteiger partial charge on any atom is 0.108 e. The topological polar surface area (TPSA) is 9.23 Å². The van der Waals surface area contributed by atoms with Crippen LogP contribution in [0.25, 0.3) is 0 Å². The number of ether oxygens (including phenoxy) is 1. The van der Waals surface area contributed by atoms with Crippen molar-refractivity contribution in [2.45, 2.75) is 13.8 Å². The summed E-state index contributed by atoms with van der Waals surface area (Å²) in [6, 6.07) is 6.18. The second kappa shape index (κ2) is 5.47. The molecule has 14 heavy (non-hydrogen) atoms. The van der Waals surface area contributed by atoms with E-state index >= 15 is 0 Å². The molecule has 0 aromatic heterocycles. The van der Waals surface area contributed by atoms with Crippen molar-refractivity contribution in [3.05, 3.63) is 41.8 Å². The molecule has 1 rings (SSSR count). The first-order valence-corrected chi connectivity index (χ1v) is 4.67. The van der Waals surface area contributed by atoms with E-state index in [0.29, 0.717) is 13.2 Å². The van der Waals surface area contributed by atoms with Crippen LogP contribution in [0, 0.1) is 32.6 Å². The Morgan fingerprint density at radius 2 is 1.93 bits per heavy atom. The van der Waals surface area contributed by atoms with E-state index in [-0.39, 0.29) is 0 Å². The van der Waals surface area contributed by atoms with Crippen LogP contribution >= 0.6 is 0 Å². The van der Waals surface area contributed by atoms with E-state index in [0.717, 1.165) is 5.56 Å². The zero-order chi connectivity index (χ0) is 10.4. The van der Waals surface area contributed by atoms with Gasteiger partial charge >= 0.3 is 0 Å². The first-order chi connectivity index (χ1) is 6.75. The normalized spacial score (nSPS) is 9.36. The third-order valence-corrected chi connectivity index (χ3v) is 2.01. The average Bonchev–Trinajstić information content (AvgIpc) is 2.16. The lowest BCUT2D eigenvalue weighted by atomic mass is 10.0. The molecule has 0 amide bonds. The van der Waals surface area contributed by atoms with Gasteiger partial charge in [-0.25, -0.2) is 0 Å². The fraction of sp³-hybridized carbons (Fsp3) is 0.308. The first kappa shape index (κ1) is 10.8. The van der Waals surface area contributed by atoms with Crippen molar-refractivity contribution < 1.29 is 4.74 Å². The van der Waals surface area contributed by atoms with Gasteiger partial charge in [-0.15, -0.1) is 0 Å². The van der Waals surface area contributed by atoms with Gasteiger partial charge < -0.3 is 4.74 Å². The predicted octanol–water partition coefficient (Wildman–Crippen LogP) is 2.51. The summed E-state index contributed by atoms with van der Waals surface area (Å²) >= 11 is 0. The van der Waals surface area contributed by atoms with Gasteiger partial charge in [0.25, 0.3) is 0 Å². The molecule has 0 fully saturated rings. The summed E-state index contributed by atoms with van der Waals surface area (Å²) in [5.41, 5.74) is 3.54. The maximum atomic E-state index is 5.05. The van der Waals surface area contributed by atoms with Crippen LogP contribution < -0.4 is 0 Å². The highest BCUT2D eigenvalue weighted by Gasteiger charge is 1.96. The summed E-state index contributed by atoms with van der Waals surface area (Å²) in [5.74, 6) is 6.09. The molecule has 1 aromatic carbocycles. The third kappa shape index (κ3) is 2.90. The fourth-order valence-corrected chi connectivity index (χ4v) is 1.26. The van der Waals surface area contributed by atoms with Gasteiger partial charge in [-0.1, -0.05) is 30.0 Å². The Morgan fingerprint density at radius 1 is 1.29 bits per heavy atom. The zero-order valence-corrected chi connectivity index (χ0v) is 8.76. The minimum atomic E-state index is 0.456. The molecule has 0 atom stereocenters. The van der Waals surface area contributed by atoms with Gasteiger partial charge in [0.05, 0.1) is 0 Å². The van der Waals surface area contributed by atoms with Crippen molar-refractivity contribution in [2.75, 3.05) is 13.2 Å². The molecule has 1 aromatic rings. The number of hydrogen-bond donors (Lipinski definition) is 0. The van der Waals surface area contributed by atoms with Crippen molar-refractivity contribution in [1.29, 1.82) is 0 Å². The number of hydrogen-bond acceptors (Lipinski definition) is 1. The van der Waals surface area contributed by atoms with Crippen molar-refractivity contribution in [3.8, 4) is 11.8 Å². The monoisotopic (exact) mass is 187 g/mol. The van der Waals surface area contributed by atoms with Crippen molar-refractivity contribution in [1.82, 2.24) is 0 Å². The molecule has 0 N–H and O–H groups in total.